The van der Waals surface area contributed by atoms with Gasteiger partial charge in [-0.25, -0.2) is 0 Å². The van der Waals surface area contributed by atoms with E-state index >= 15 is 0 Å². The van der Waals surface area contributed by atoms with Gasteiger partial charge in [0.25, 0.3) is 0 Å². The van der Waals surface area contributed by atoms with Gasteiger partial charge in [0, 0.05) is 5.92 Å². The van der Waals surface area contributed by atoms with Gasteiger partial charge >= 0.3 is 0 Å². The molecule has 1 nitrogen and oxygen atoms in total. The van der Waals surface area contributed by atoms with E-state index in [1.54, 1.807) is 0 Å². The van der Waals surface area contributed by atoms with E-state index in [2.05, 4.69) is 31.2 Å². The average molecular weight is 276 g/mol. The number of aryl methyl sites for hydroxylation is 1. The molecule has 1 aromatic carbocycles. The molecule has 0 saturated heterocycles. The molecule has 1 aromatic rings. The van der Waals surface area contributed by atoms with Crippen LogP contribution in [0.25, 0.3) is 0 Å². The van der Waals surface area contributed by atoms with Gasteiger partial charge in [-0.15, -0.1) is 0 Å². The summed E-state index contributed by atoms with van der Waals surface area (Å²) in [5.41, 5.74) is 2.87. The van der Waals surface area contributed by atoms with Crippen molar-refractivity contribution in [3.05, 3.63) is 35.4 Å². The lowest BCUT2D eigenvalue weighted by molar-refractivity contribution is 0.304. The summed E-state index contributed by atoms with van der Waals surface area (Å²) in [6.45, 7) is 4.89. The molecule has 0 radical (unpaired) electrons. The zero-order chi connectivity index (χ0) is 13.7. The number of rotatable bonds is 3. The lowest BCUT2D eigenvalue weighted by Crippen LogP contribution is -2.15. The Hall–Kier alpha value is -0.890. The Kier molecular flexibility index (Phi) is 5.38. The van der Waals surface area contributed by atoms with Crippen LogP contribution in [0, 0.1) is 12.8 Å². The fourth-order valence-corrected chi connectivity index (χ4v) is 3.41. The molecule has 0 aromatic heterocycles. The molecule has 1 aliphatic rings. The quantitative estimate of drug-likeness (QED) is 0.566. The van der Waals surface area contributed by atoms with Crippen molar-refractivity contribution in [3.63, 3.8) is 0 Å². The predicted molar refractivity (Wildman–Crippen MR) is 84.7 cm³/mol. The van der Waals surface area contributed by atoms with Crippen molar-refractivity contribution in [2.45, 2.75) is 51.9 Å². The summed E-state index contributed by atoms with van der Waals surface area (Å²) in [6.07, 6.45) is 6.16. The van der Waals surface area contributed by atoms with Gasteiger partial charge in [0.2, 0.25) is 0 Å². The van der Waals surface area contributed by atoms with Crippen LogP contribution in [0.1, 0.15) is 56.1 Å². The average Bonchev–Trinajstić information content (AvgIpc) is 2.65. The molecule has 0 spiro atoms. The largest absolute Gasteiger partial charge is 0.487 e. The smallest absolute Gasteiger partial charge is 0.162 e. The maximum atomic E-state index is 5.53. The minimum atomic E-state index is 0.491. The Morgan fingerprint density at radius 1 is 1.26 bits per heavy atom. The lowest BCUT2D eigenvalue weighted by Gasteiger charge is -2.17. The van der Waals surface area contributed by atoms with E-state index in [0.717, 1.165) is 5.05 Å². The summed E-state index contributed by atoms with van der Waals surface area (Å²) in [6, 6.07) is 8.97. The first-order valence-electron chi connectivity index (χ1n) is 7.44. The van der Waals surface area contributed by atoms with Gasteiger partial charge in [-0.05, 0) is 63.2 Å². The standard InChI is InChI=1S/C17H24OS/c1-3-18-17(19)15-8-5-7-14(10-11-15)16-9-4-6-13(2)12-16/h4,6,9,12,14-15H,3,5,7-8,10-11H2,1-2H3. The minimum absolute atomic E-state index is 0.491. The van der Waals surface area contributed by atoms with Gasteiger partial charge < -0.3 is 4.74 Å². The molecular formula is C17H24OS. The highest BCUT2D eigenvalue weighted by Crippen LogP contribution is 2.35. The Bertz CT molecular complexity index is 427. The molecule has 2 unspecified atom stereocenters. The predicted octanol–water partition coefficient (Wildman–Crippen LogP) is 5.02. The van der Waals surface area contributed by atoms with Crippen LogP contribution in [0.5, 0.6) is 0 Å². The van der Waals surface area contributed by atoms with E-state index < -0.39 is 0 Å². The van der Waals surface area contributed by atoms with Crippen LogP contribution in [-0.2, 0) is 4.74 Å². The van der Waals surface area contributed by atoms with E-state index in [1.807, 2.05) is 6.92 Å². The summed E-state index contributed by atoms with van der Waals surface area (Å²) in [5.74, 6) is 1.19. The van der Waals surface area contributed by atoms with Gasteiger partial charge in [0.05, 0.1) is 6.61 Å². The van der Waals surface area contributed by atoms with Crippen LogP contribution >= 0.6 is 12.2 Å². The van der Waals surface area contributed by atoms with Crippen molar-refractivity contribution < 1.29 is 4.74 Å². The highest BCUT2D eigenvalue weighted by atomic mass is 32.1. The molecule has 0 N–H and O–H groups in total. The first kappa shape index (κ1) is 14.5. The Labute approximate surface area is 122 Å². The zero-order valence-corrected chi connectivity index (χ0v) is 12.8. The number of benzene rings is 1. The van der Waals surface area contributed by atoms with Crippen LogP contribution < -0.4 is 0 Å². The molecular weight excluding hydrogens is 252 g/mol. The van der Waals surface area contributed by atoms with Crippen molar-refractivity contribution in [1.82, 2.24) is 0 Å². The van der Waals surface area contributed by atoms with Crippen molar-refractivity contribution in [2.24, 2.45) is 5.92 Å². The second-order valence-electron chi connectivity index (χ2n) is 5.57. The number of ether oxygens (including phenoxy) is 1. The Morgan fingerprint density at radius 2 is 2.11 bits per heavy atom. The van der Waals surface area contributed by atoms with Crippen molar-refractivity contribution in [2.75, 3.05) is 6.61 Å². The number of hydrogen-bond acceptors (Lipinski definition) is 2. The van der Waals surface area contributed by atoms with Gasteiger partial charge in [0.15, 0.2) is 5.05 Å². The molecule has 1 aliphatic carbocycles. The zero-order valence-electron chi connectivity index (χ0n) is 12.0. The third kappa shape index (κ3) is 4.04. The minimum Gasteiger partial charge on any atom is -0.487 e. The van der Waals surface area contributed by atoms with Crippen molar-refractivity contribution in [3.8, 4) is 0 Å². The van der Waals surface area contributed by atoms with Crippen molar-refractivity contribution >= 4 is 17.3 Å². The van der Waals surface area contributed by atoms with Crippen LogP contribution in [0.3, 0.4) is 0 Å². The SMILES string of the molecule is CCOC(=S)C1CCCC(c2cccc(C)c2)CC1. The van der Waals surface area contributed by atoms with Gasteiger partial charge in [-0.3, -0.25) is 0 Å². The van der Waals surface area contributed by atoms with Gasteiger partial charge in [-0.1, -0.05) is 36.2 Å². The number of hydrogen-bond donors (Lipinski definition) is 0. The lowest BCUT2D eigenvalue weighted by atomic mass is 9.90. The van der Waals surface area contributed by atoms with E-state index in [1.165, 1.54) is 43.2 Å². The first-order chi connectivity index (χ1) is 9.20. The molecule has 1 fully saturated rings. The fraction of sp³-hybridized carbons (Fsp3) is 0.588. The van der Waals surface area contributed by atoms with Gasteiger partial charge in [0.1, 0.15) is 0 Å². The Morgan fingerprint density at radius 3 is 2.84 bits per heavy atom. The van der Waals surface area contributed by atoms with Crippen LogP contribution in [-0.4, -0.2) is 11.7 Å². The molecule has 2 atom stereocenters. The molecule has 1 saturated carbocycles. The Balaban J connectivity index is 1.98. The monoisotopic (exact) mass is 276 g/mol. The summed E-state index contributed by atoms with van der Waals surface area (Å²) in [4.78, 5) is 0. The maximum absolute atomic E-state index is 5.53. The molecule has 2 rings (SSSR count). The molecule has 0 aliphatic heterocycles. The van der Waals surface area contributed by atoms with E-state index in [9.17, 15) is 0 Å². The molecule has 0 heterocycles. The van der Waals surface area contributed by atoms with E-state index in [0.29, 0.717) is 18.4 Å². The highest BCUT2D eigenvalue weighted by Gasteiger charge is 2.23. The fourth-order valence-electron chi connectivity index (χ4n) is 3.05. The third-order valence-electron chi connectivity index (χ3n) is 4.10. The van der Waals surface area contributed by atoms with E-state index in [4.69, 9.17) is 17.0 Å². The summed E-state index contributed by atoms with van der Waals surface area (Å²) >= 11 is 5.39. The molecule has 2 heteroatoms. The normalized spacial score (nSPS) is 23.7. The van der Waals surface area contributed by atoms with Crippen LogP contribution in [0.2, 0.25) is 0 Å². The summed E-state index contributed by atoms with van der Waals surface area (Å²) < 4.78 is 5.53. The number of thiocarbonyl (C=S) groups is 1. The van der Waals surface area contributed by atoms with Gasteiger partial charge in [-0.2, -0.15) is 0 Å². The second-order valence-corrected chi connectivity index (χ2v) is 5.97. The topological polar surface area (TPSA) is 9.23 Å². The second kappa shape index (κ2) is 7.04. The van der Waals surface area contributed by atoms with Crippen LogP contribution in [0.15, 0.2) is 24.3 Å². The van der Waals surface area contributed by atoms with Crippen molar-refractivity contribution in [1.29, 1.82) is 0 Å². The molecule has 19 heavy (non-hydrogen) atoms. The molecule has 0 amide bonds. The third-order valence-corrected chi connectivity index (χ3v) is 4.55. The highest BCUT2D eigenvalue weighted by molar-refractivity contribution is 7.80. The molecule has 0 bridgehead atoms. The molecule has 104 valence electrons. The summed E-state index contributed by atoms with van der Waals surface area (Å²) in [5, 5.41) is 0.840. The van der Waals surface area contributed by atoms with Crippen LogP contribution in [0.4, 0.5) is 0 Å². The maximum Gasteiger partial charge on any atom is 0.162 e. The van der Waals surface area contributed by atoms with E-state index in [-0.39, 0.29) is 0 Å². The summed E-state index contributed by atoms with van der Waals surface area (Å²) in [7, 11) is 0. The first-order valence-corrected chi connectivity index (χ1v) is 7.84.